The zero-order chi connectivity index (χ0) is 17.8. The highest BCUT2D eigenvalue weighted by Crippen LogP contribution is 2.28. The number of nitrogens with zero attached hydrogens (tertiary/aromatic N) is 3. The Hall–Kier alpha value is -2.53. The number of hydrazine groups is 1. The highest BCUT2D eigenvalue weighted by molar-refractivity contribution is 5.35. The summed E-state index contributed by atoms with van der Waals surface area (Å²) >= 11 is 0. The lowest BCUT2D eigenvalue weighted by molar-refractivity contribution is 0.460. The van der Waals surface area contributed by atoms with Crippen molar-refractivity contribution in [3.63, 3.8) is 0 Å². The molecule has 134 valence electrons. The Morgan fingerprint density at radius 1 is 1.00 bits per heavy atom. The smallest absolute Gasteiger partial charge is 0.158 e. The van der Waals surface area contributed by atoms with E-state index in [2.05, 4.69) is 55.7 Å². The number of anilines is 1. The van der Waals surface area contributed by atoms with Gasteiger partial charge in [0.2, 0.25) is 0 Å². The minimum absolute atomic E-state index is 0.0614. The number of hydrogen-bond donors (Lipinski definition) is 4. The number of nitriles is 1. The SMILES string of the molecule is N#Cc1cnc(NC2CC(c3ccc(C4CCNCC4)cc3)NN2)cn1. The molecule has 0 aliphatic carbocycles. The van der Waals surface area contributed by atoms with Gasteiger partial charge in [-0.1, -0.05) is 24.3 Å². The van der Waals surface area contributed by atoms with E-state index >= 15 is 0 Å². The molecule has 0 amide bonds. The van der Waals surface area contributed by atoms with Crippen LogP contribution in [0.25, 0.3) is 0 Å². The van der Waals surface area contributed by atoms with Crippen molar-refractivity contribution in [3.05, 3.63) is 53.5 Å². The number of rotatable bonds is 4. The lowest BCUT2D eigenvalue weighted by Gasteiger charge is -2.23. The topological polar surface area (TPSA) is 97.7 Å². The molecule has 0 radical (unpaired) electrons. The van der Waals surface area contributed by atoms with Gasteiger partial charge in [0, 0.05) is 12.5 Å². The van der Waals surface area contributed by atoms with Crippen molar-refractivity contribution in [3.8, 4) is 6.07 Å². The number of aromatic nitrogens is 2. The van der Waals surface area contributed by atoms with Crippen LogP contribution < -0.4 is 21.5 Å². The molecule has 3 heterocycles. The molecule has 7 nitrogen and oxygen atoms in total. The van der Waals surface area contributed by atoms with Crippen molar-refractivity contribution in [2.75, 3.05) is 18.4 Å². The van der Waals surface area contributed by atoms with Crippen molar-refractivity contribution in [2.45, 2.75) is 37.4 Å². The van der Waals surface area contributed by atoms with Gasteiger partial charge in [0.1, 0.15) is 11.9 Å². The zero-order valence-corrected chi connectivity index (χ0v) is 14.6. The normalized spacial score (nSPS) is 23.5. The second kappa shape index (κ2) is 7.79. The van der Waals surface area contributed by atoms with Crippen LogP contribution in [0.1, 0.15) is 48.0 Å². The molecule has 0 spiro atoms. The van der Waals surface area contributed by atoms with Gasteiger partial charge in [0.05, 0.1) is 18.6 Å². The fourth-order valence-electron chi connectivity index (χ4n) is 3.66. The molecule has 2 unspecified atom stereocenters. The quantitative estimate of drug-likeness (QED) is 0.668. The third-order valence-electron chi connectivity index (χ3n) is 5.14. The van der Waals surface area contributed by atoms with Gasteiger partial charge in [-0.2, -0.15) is 5.26 Å². The highest BCUT2D eigenvalue weighted by Gasteiger charge is 2.25. The third-order valence-corrected chi connectivity index (χ3v) is 5.14. The van der Waals surface area contributed by atoms with E-state index in [9.17, 15) is 0 Å². The van der Waals surface area contributed by atoms with E-state index in [1.54, 1.807) is 6.20 Å². The van der Waals surface area contributed by atoms with Crippen LogP contribution in [-0.4, -0.2) is 29.2 Å². The average molecular weight is 349 g/mol. The average Bonchev–Trinajstić information content (AvgIpc) is 3.18. The van der Waals surface area contributed by atoms with Gasteiger partial charge in [-0.15, -0.1) is 0 Å². The van der Waals surface area contributed by atoms with E-state index in [1.165, 1.54) is 30.2 Å². The van der Waals surface area contributed by atoms with Crippen LogP contribution in [0.4, 0.5) is 5.82 Å². The van der Waals surface area contributed by atoms with Gasteiger partial charge in [-0.25, -0.2) is 20.8 Å². The first kappa shape index (κ1) is 16.9. The second-order valence-electron chi connectivity index (χ2n) is 6.86. The maximum atomic E-state index is 8.78. The second-order valence-corrected chi connectivity index (χ2v) is 6.86. The first-order chi connectivity index (χ1) is 12.8. The van der Waals surface area contributed by atoms with Crippen molar-refractivity contribution >= 4 is 5.82 Å². The van der Waals surface area contributed by atoms with Crippen molar-refractivity contribution < 1.29 is 0 Å². The van der Waals surface area contributed by atoms with E-state index in [0.717, 1.165) is 19.5 Å². The number of benzene rings is 1. The van der Waals surface area contributed by atoms with Crippen LogP contribution >= 0.6 is 0 Å². The summed E-state index contributed by atoms with van der Waals surface area (Å²) in [6.07, 6.45) is 6.46. The summed E-state index contributed by atoms with van der Waals surface area (Å²) < 4.78 is 0. The summed E-state index contributed by atoms with van der Waals surface area (Å²) in [7, 11) is 0. The molecule has 2 saturated heterocycles. The number of piperidine rings is 1. The molecule has 2 fully saturated rings. The number of nitrogens with one attached hydrogen (secondary N) is 4. The molecule has 1 aromatic carbocycles. The van der Waals surface area contributed by atoms with Gasteiger partial charge in [0.25, 0.3) is 0 Å². The van der Waals surface area contributed by atoms with Gasteiger partial charge >= 0.3 is 0 Å². The predicted octanol–water partition coefficient (Wildman–Crippen LogP) is 1.79. The molecular weight excluding hydrogens is 326 g/mol. The van der Waals surface area contributed by atoms with Crippen molar-refractivity contribution in [1.82, 2.24) is 26.1 Å². The molecule has 0 saturated carbocycles. The maximum Gasteiger partial charge on any atom is 0.158 e. The first-order valence-corrected chi connectivity index (χ1v) is 9.12. The Balaban J connectivity index is 1.35. The predicted molar refractivity (Wildman–Crippen MR) is 99.1 cm³/mol. The standard InChI is InChI=1S/C19H23N7/c20-10-16-11-23-19(12-22-16)24-18-9-17(25-26-18)15-3-1-13(2-4-15)14-5-7-21-8-6-14/h1-4,11-12,14,17-18,21,25-26H,5-9H2,(H,23,24). The summed E-state index contributed by atoms with van der Waals surface area (Å²) in [5, 5.41) is 15.5. The Labute approximate surface area is 153 Å². The Morgan fingerprint density at radius 2 is 1.77 bits per heavy atom. The zero-order valence-electron chi connectivity index (χ0n) is 14.6. The van der Waals surface area contributed by atoms with Crippen LogP contribution in [0.15, 0.2) is 36.7 Å². The Bertz CT molecular complexity index is 760. The maximum absolute atomic E-state index is 8.78. The Morgan fingerprint density at radius 3 is 2.46 bits per heavy atom. The summed E-state index contributed by atoms with van der Waals surface area (Å²) in [5.74, 6) is 1.34. The minimum atomic E-state index is 0.0614. The van der Waals surface area contributed by atoms with E-state index in [4.69, 9.17) is 5.26 Å². The van der Waals surface area contributed by atoms with Crippen LogP contribution in [0.3, 0.4) is 0 Å². The van der Waals surface area contributed by atoms with Gasteiger partial charge in [-0.05, 0) is 43.0 Å². The van der Waals surface area contributed by atoms with Gasteiger partial charge in [0.15, 0.2) is 5.69 Å². The monoisotopic (exact) mass is 349 g/mol. The van der Waals surface area contributed by atoms with Crippen LogP contribution in [0, 0.1) is 11.3 Å². The number of hydrogen-bond acceptors (Lipinski definition) is 7. The van der Waals surface area contributed by atoms with E-state index in [1.807, 2.05) is 6.07 Å². The van der Waals surface area contributed by atoms with Gasteiger partial charge < -0.3 is 10.6 Å². The summed E-state index contributed by atoms with van der Waals surface area (Å²) in [6, 6.07) is 11.3. The fraction of sp³-hybridized carbons (Fsp3) is 0.421. The molecular formula is C19H23N7. The van der Waals surface area contributed by atoms with E-state index in [-0.39, 0.29) is 12.2 Å². The molecule has 2 atom stereocenters. The fourth-order valence-corrected chi connectivity index (χ4v) is 3.66. The third kappa shape index (κ3) is 3.83. The summed E-state index contributed by atoms with van der Waals surface area (Å²) in [5.41, 5.74) is 9.65. The lowest BCUT2D eigenvalue weighted by atomic mass is 9.89. The van der Waals surface area contributed by atoms with Crippen LogP contribution in [0.2, 0.25) is 0 Å². The van der Waals surface area contributed by atoms with Crippen LogP contribution in [0.5, 0.6) is 0 Å². The van der Waals surface area contributed by atoms with Gasteiger partial charge in [-0.3, -0.25) is 0 Å². The largest absolute Gasteiger partial charge is 0.352 e. The molecule has 0 bridgehead atoms. The van der Waals surface area contributed by atoms with E-state index in [0.29, 0.717) is 17.4 Å². The first-order valence-electron chi connectivity index (χ1n) is 9.12. The summed E-state index contributed by atoms with van der Waals surface area (Å²) in [6.45, 7) is 2.23. The van der Waals surface area contributed by atoms with Crippen LogP contribution in [-0.2, 0) is 0 Å². The molecule has 4 N–H and O–H groups in total. The Kier molecular flexibility index (Phi) is 5.07. The molecule has 1 aromatic heterocycles. The molecule has 7 heteroatoms. The molecule has 2 aromatic rings. The molecule has 4 rings (SSSR count). The summed E-state index contributed by atoms with van der Waals surface area (Å²) in [4.78, 5) is 8.24. The molecule has 26 heavy (non-hydrogen) atoms. The molecule has 2 aliphatic rings. The van der Waals surface area contributed by atoms with Crippen molar-refractivity contribution in [2.24, 2.45) is 0 Å². The lowest BCUT2D eigenvalue weighted by Crippen LogP contribution is -2.36. The highest BCUT2D eigenvalue weighted by atomic mass is 15.5. The molecule has 2 aliphatic heterocycles. The minimum Gasteiger partial charge on any atom is -0.352 e. The van der Waals surface area contributed by atoms with Crippen molar-refractivity contribution in [1.29, 1.82) is 5.26 Å². The van der Waals surface area contributed by atoms with E-state index < -0.39 is 0 Å².